The van der Waals surface area contributed by atoms with Crippen molar-refractivity contribution in [1.29, 1.82) is 0 Å². The molecule has 78 valence electrons. The number of thioether (sulfide) groups is 1. The Morgan fingerprint density at radius 1 is 1.36 bits per heavy atom. The fraction of sp³-hybridized carbons (Fsp3) is 0.455. The maximum Gasteiger partial charge on any atom is 0.0231 e. The van der Waals surface area contributed by atoms with Crippen LogP contribution in [-0.2, 0) is 6.54 Å². The highest BCUT2D eigenvalue weighted by molar-refractivity contribution is 9.10. The van der Waals surface area contributed by atoms with Crippen LogP contribution in [0.5, 0.6) is 0 Å². The predicted molar refractivity (Wildman–Crippen MR) is 67.9 cm³/mol. The van der Waals surface area contributed by atoms with Crippen molar-refractivity contribution >= 4 is 27.7 Å². The minimum Gasteiger partial charge on any atom is -0.313 e. The molecule has 3 heteroatoms. The highest BCUT2D eigenvalue weighted by Gasteiger charge is 2.00. The van der Waals surface area contributed by atoms with Crippen molar-refractivity contribution < 1.29 is 0 Å². The summed E-state index contributed by atoms with van der Waals surface area (Å²) in [5.41, 5.74) is 1.33. The first-order valence-corrected chi connectivity index (χ1v) is 6.67. The Bertz CT molecular complexity index is 289. The molecule has 0 saturated heterocycles. The molecule has 0 amide bonds. The summed E-state index contributed by atoms with van der Waals surface area (Å²) >= 11 is 5.47. The molecular formula is C11H16BrNS. The summed E-state index contributed by atoms with van der Waals surface area (Å²) in [6.45, 7) is 6.24. The molecule has 0 spiro atoms. The second-order valence-corrected chi connectivity index (χ2v) is 5.16. The molecule has 1 rings (SSSR count). The highest BCUT2D eigenvalue weighted by atomic mass is 79.9. The first kappa shape index (κ1) is 12.1. The standard InChI is InChI=1S/C11H16BrNS/c1-3-13-8-9-5-6-10(14-4-2)7-11(9)12/h5-7,13H,3-4,8H2,1-2H3. The molecule has 0 heterocycles. The molecule has 0 aromatic heterocycles. The van der Waals surface area contributed by atoms with Gasteiger partial charge in [-0.3, -0.25) is 0 Å². The fourth-order valence-electron chi connectivity index (χ4n) is 1.19. The number of hydrogen-bond donors (Lipinski definition) is 1. The Morgan fingerprint density at radius 3 is 2.71 bits per heavy atom. The molecule has 0 bridgehead atoms. The van der Waals surface area contributed by atoms with E-state index >= 15 is 0 Å². The molecule has 0 atom stereocenters. The average molecular weight is 274 g/mol. The van der Waals surface area contributed by atoms with Gasteiger partial charge in [-0.15, -0.1) is 11.8 Å². The van der Waals surface area contributed by atoms with Gasteiger partial charge in [0.2, 0.25) is 0 Å². The summed E-state index contributed by atoms with van der Waals surface area (Å²) in [5.74, 6) is 1.12. The molecule has 0 aliphatic carbocycles. The van der Waals surface area contributed by atoms with Gasteiger partial charge in [-0.2, -0.15) is 0 Å². The molecule has 0 radical (unpaired) electrons. The number of nitrogens with one attached hydrogen (secondary N) is 1. The van der Waals surface area contributed by atoms with E-state index in [1.165, 1.54) is 14.9 Å². The lowest BCUT2D eigenvalue weighted by Gasteiger charge is -2.06. The van der Waals surface area contributed by atoms with Crippen LogP contribution >= 0.6 is 27.7 Å². The van der Waals surface area contributed by atoms with E-state index < -0.39 is 0 Å². The van der Waals surface area contributed by atoms with E-state index in [4.69, 9.17) is 0 Å². The van der Waals surface area contributed by atoms with Crippen molar-refractivity contribution in [3.63, 3.8) is 0 Å². The van der Waals surface area contributed by atoms with E-state index in [2.05, 4.69) is 53.3 Å². The fourth-order valence-corrected chi connectivity index (χ4v) is 2.56. The van der Waals surface area contributed by atoms with Gasteiger partial charge in [0.05, 0.1) is 0 Å². The first-order chi connectivity index (χ1) is 6.77. The second kappa shape index (κ2) is 6.49. The zero-order valence-corrected chi connectivity index (χ0v) is 11.0. The molecule has 1 N–H and O–H groups in total. The van der Waals surface area contributed by atoms with Crippen LogP contribution in [-0.4, -0.2) is 12.3 Å². The van der Waals surface area contributed by atoms with Crippen LogP contribution in [0.25, 0.3) is 0 Å². The third kappa shape index (κ3) is 3.64. The topological polar surface area (TPSA) is 12.0 Å². The molecule has 1 nitrogen and oxygen atoms in total. The summed E-state index contributed by atoms with van der Waals surface area (Å²) in [4.78, 5) is 1.33. The van der Waals surface area contributed by atoms with E-state index in [-0.39, 0.29) is 0 Å². The van der Waals surface area contributed by atoms with Crippen LogP contribution in [0.15, 0.2) is 27.6 Å². The summed E-state index contributed by atoms with van der Waals surface area (Å²) < 4.78 is 1.21. The van der Waals surface area contributed by atoms with E-state index in [1.54, 1.807) is 0 Å². The predicted octanol–water partition coefficient (Wildman–Crippen LogP) is 3.67. The van der Waals surface area contributed by atoms with Gasteiger partial charge in [-0.25, -0.2) is 0 Å². The van der Waals surface area contributed by atoms with Gasteiger partial charge < -0.3 is 5.32 Å². The van der Waals surface area contributed by atoms with Gasteiger partial charge in [-0.05, 0) is 30.0 Å². The zero-order valence-electron chi connectivity index (χ0n) is 8.64. The van der Waals surface area contributed by atoms with Crippen molar-refractivity contribution in [1.82, 2.24) is 5.32 Å². The lowest BCUT2D eigenvalue weighted by atomic mass is 10.2. The van der Waals surface area contributed by atoms with Gasteiger partial charge in [0, 0.05) is 15.9 Å². The lowest BCUT2D eigenvalue weighted by Crippen LogP contribution is -2.11. The largest absolute Gasteiger partial charge is 0.313 e. The van der Waals surface area contributed by atoms with E-state index in [0.717, 1.165) is 18.8 Å². The molecule has 1 aromatic rings. The maximum absolute atomic E-state index is 3.59. The summed E-state index contributed by atoms with van der Waals surface area (Å²) in [5, 5.41) is 3.32. The van der Waals surface area contributed by atoms with Crippen molar-refractivity contribution in [3.05, 3.63) is 28.2 Å². The highest BCUT2D eigenvalue weighted by Crippen LogP contribution is 2.25. The normalized spacial score (nSPS) is 10.5. The molecule has 14 heavy (non-hydrogen) atoms. The van der Waals surface area contributed by atoms with Gasteiger partial charge in [0.1, 0.15) is 0 Å². The molecule has 0 aliphatic heterocycles. The van der Waals surface area contributed by atoms with Gasteiger partial charge in [0.25, 0.3) is 0 Å². The SMILES string of the molecule is CCNCc1ccc(SCC)cc1Br. The first-order valence-electron chi connectivity index (χ1n) is 4.89. The van der Waals surface area contributed by atoms with E-state index in [0.29, 0.717) is 0 Å². The summed E-state index contributed by atoms with van der Waals surface area (Å²) in [7, 11) is 0. The van der Waals surface area contributed by atoms with Crippen molar-refractivity contribution in [2.75, 3.05) is 12.3 Å². The Morgan fingerprint density at radius 2 is 2.14 bits per heavy atom. The average Bonchev–Trinajstić information content (AvgIpc) is 2.17. The molecule has 0 saturated carbocycles. The van der Waals surface area contributed by atoms with Gasteiger partial charge >= 0.3 is 0 Å². The van der Waals surface area contributed by atoms with Crippen molar-refractivity contribution in [3.8, 4) is 0 Å². The Labute approximate surface area is 98.8 Å². The lowest BCUT2D eigenvalue weighted by molar-refractivity contribution is 0.724. The minimum absolute atomic E-state index is 0.939. The van der Waals surface area contributed by atoms with Crippen molar-refractivity contribution in [2.24, 2.45) is 0 Å². The van der Waals surface area contributed by atoms with E-state index in [1.807, 2.05) is 11.8 Å². The molecule has 0 unspecified atom stereocenters. The third-order valence-electron chi connectivity index (χ3n) is 1.90. The van der Waals surface area contributed by atoms with E-state index in [9.17, 15) is 0 Å². The molecule has 0 fully saturated rings. The van der Waals surface area contributed by atoms with Crippen LogP contribution in [0.4, 0.5) is 0 Å². The maximum atomic E-state index is 3.59. The van der Waals surface area contributed by atoms with Crippen LogP contribution in [0.1, 0.15) is 19.4 Å². The van der Waals surface area contributed by atoms with Gasteiger partial charge in [0.15, 0.2) is 0 Å². The number of halogens is 1. The summed E-state index contributed by atoms with van der Waals surface area (Å²) in [6.07, 6.45) is 0. The molecular weight excluding hydrogens is 258 g/mol. The zero-order chi connectivity index (χ0) is 10.4. The van der Waals surface area contributed by atoms with Crippen molar-refractivity contribution in [2.45, 2.75) is 25.3 Å². The Kier molecular flexibility index (Phi) is 5.60. The van der Waals surface area contributed by atoms with Gasteiger partial charge in [-0.1, -0.05) is 35.8 Å². The smallest absolute Gasteiger partial charge is 0.0231 e. The van der Waals surface area contributed by atoms with Crippen LogP contribution in [0.2, 0.25) is 0 Å². The number of benzene rings is 1. The monoisotopic (exact) mass is 273 g/mol. The molecule has 1 aromatic carbocycles. The third-order valence-corrected chi connectivity index (χ3v) is 3.52. The summed E-state index contributed by atoms with van der Waals surface area (Å²) in [6, 6.07) is 6.57. The quantitative estimate of drug-likeness (QED) is 0.822. The number of rotatable bonds is 5. The second-order valence-electron chi connectivity index (χ2n) is 2.97. The Balaban J connectivity index is 2.68. The minimum atomic E-state index is 0.939. The van der Waals surface area contributed by atoms with Crippen LogP contribution in [0, 0.1) is 0 Å². The molecule has 0 aliphatic rings. The number of hydrogen-bond acceptors (Lipinski definition) is 2. The van der Waals surface area contributed by atoms with Crippen LogP contribution in [0.3, 0.4) is 0 Å². The Hall–Kier alpha value is 0.01000. The van der Waals surface area contributed by atoms with Crippen LogP contribution < -0.4 is 5.32 Å².